The molecule has 25 heavy (non-hydrogen) atoms. The monoisotopic (exact) mass is 460 g/mol. The number of benzene rings is 1. The van der Waals surface area contributed by atoms with Gasteiger partial charge in [0.1, 0.15) is 0 Å². The second kappa shape index (κ2) is 11.0. The van der Waals surface area contributed by atoms with Gasteiger partial charge in [0.15, 0.2) is 5.96 Å². The van der Waals surface area contributed by atoms with E-state index in [0.717, 1.165) is 38.8 Å². The van der Waals surface area contributed by atoms with E-state index in [9.17, 15) is 0 Å². The molecule has 2 atom stereocenters. The summed E-state index contributed by atoms with van der Waals surface area (Å²) in [5.41, 5.74) is 2.65. The van der Waals surface area contributed by atoms with Crippen LogP contribution < -0.4 is 5.32 Å². The summed E-state index contributed by atoms with van der Waals surface area (Å²) >= 11 is 0. The van der Waals surface area contributed by atoms with E-state index in [-0.39, 0.29) is 24.0 Å². The molecule has 1 heterocycles. The smallest absolute Gasteiger partial charge is 0.193 e. The van der Waals surface area contributed by atoms with Gasteiger partial charge >= 0.3 is 0 Å². The van der Waals surface area contributed by atoms with Crippen molar-refractivity contribution in [2.24, 2.45) is 4.99 Å². The fourth-order valence-corrected chi connectivity index (χ4v) is 3.25. The first-order chi connectivity index (χ1) is 11.5. The third kappa shape index (κ3) is 6.42. The summed E-state index contributed by atoms with van der Waals surface area (Å²) in [6, 6.07) is 9.43. The molecule has 1 aliphatic rings. The molecule has 0 saturated carbocycles. The van der Waals surface area contributed by atoms with Crippen molar-refractivity contribution in [1.29, 1.82) is 0 Å². The van der Waals surface area contributed by atoms with Crippen LogP contribution in [0.3, 0.4) is 0 Å². The zero-order valence-corrected chi connectivity index (χ0v) is 18.5. The molecule has 5 nitrogen and oxygen atoms in total. The molecule has 6 heteroatoms. The van der Waals surface area contributed by atoms with Crippen molar-refractivity contribution in [2.45, 2.75) is 39.4 Å². The normalized spacial score (nSPS) is 19.9. The summed E-state index contributed by atoms with van der Waals surface area (Å²) in [5.74, 6) is 0.936. The summed E-state index contributed by atoms with van der Waals surface area (Å²) < 4.78 is 5.53. The standard InChI is InChI=1S/C19H32N4O.HI/c1-15-8-6-7-9-18(15)13-22(5)19(20-4)21-12-16(2)23-10-11-24-14-17(23)3;/h6-9,16-17H,10-14H2,1-5H3,(H,20,21);1H. The van der Waals surface area contributed by atoms with E-state index < -0.39 is 0 Å². The van der Waals surface area contributed by atoms with Gasteiger partial charge < -0.3 is 15.0 Å². The molecule has 0 amide bonds. The van der Waals surface area contributed by atoms with E-state index in [1.807, 2.05) is 7.05 Å². The highest BCUT2D eigenvalue weighted by Gasteiger charge is 2.23. The molecule has 0 aromatic heterocycles. The van der Waals surface area contributed by atoms with Crippen LogP contribution in [0.5, 0.6) is 0 Å². The van der Waals surface area contributed by atoms with Crippen molar-refractivity contribution in [3.8, 4) is 0 Å². The Morgan fingerprint density at radius 3 is 2.80 bits per heavy atom. The zero-order chi connectivity index (χ0) is 17.5. The number of hydrogen-bond donors (Lipinski definition) is 1. The van der Waals surface area contributed by atoms with Gasteiger partial charge in [0, 0.05) is 45.8 Å². The SMILES string of the molecule is CN=C(NCC(C)N1CCOCC1C)N(C)Cc1ccccc1C.I. The van der Waals surface area contributed by atoms with Crippen LogP contribution in [0.25, 0.3) is 0 Å². The maximum Gasteiger partial charge on any atom is 0.193 e. The third-order valence-corrected chi connectivity index (χ3v) is 4.78. The quantitative estimate of drug-likeness (QED) is 0.417. The van der Waals surface area contributed by atoms with Crippen LogP contribution in [-0.4, -0.2) is 68.2 Å². The number of hydrogen-bond acceptors (Lipinski definition) is 3. The van der Waals surface area contributed by atoms with Crippen molar-refractivity contribution in [3.63, 3.8) is 0 Å². The largest absolute Gasteiger partial charge is 0.379 e. The molecule has 1 N–H and O–H groups in total. The number of morpholine rings is 1. The minimum Gasteiger partial charge on any atom is -0.379 e. The molecule has 142 valence electrons. The van der Waals surface area contributed by atoms with E-state index in [1.54, 1.807) is 0 Å². The van der Waals surface area contributed by atoms with Crippen LogP contribution in [0.1, 0.15) is 25.0 Å². The molecule has 1 saturated heterocycles. The van der Waals surface area contributed by atoms with Gasteiger partial charge in [0.25, 0.3) is 0 Å². The van der Waals surface area contributed by atoms with E-state index in [2.05, 4.69) is 72.2 Å². The number of guanidine groups is 1. The minimum absolute atomic E-state index is 0. The number of nitrogens with zero attached hydrogens (tertiary/aromatic N) is 3. The van der Waals surface area contributed by atoms with Crippen LogP contribution in [0.2, 0.25) is 0 Å². The lowest BCUT2D eigenvalue weighted by atomic mass is 10.1. The first-order valence-corrected chi connectivity index (χ1v) is 8.82. The van der Waals surface area contributed by atoms with E-state index >= 15 is 0 Å². The van der Waals surface area contributed by atoms with E-state index in [0.29, 0.717) is 12.1 Å². The first-order valence-electron chi connectivity index (χ1n) is 8.82. The zero-order valence-electron chi connectivity index (χ0n) is 16.2. The number of aryl methyl sites for hydroxylation is 1. The molecule has 0 spiro atoms. The first kappa shape index (κ1) is 22.2. The average Bonchev–Trinajstić information content (AvgIpc) is 2.57. The van der Waals surface area contributed by atoms with Crippen molar-refractivity contribution in [3.05, 3.63) is 35.4 Å². The summed E-state index contributed by atoms with van der Waals surface area (Å²) in [6.07, 6.45) is 0. The Morgan fingerprint density at radius 2 is 2.16 bits per heavy atom. The highest BCUT2D eigenvalue weighted by molar-refractivity contribution is 14.0. The number of rotatable bonds is 5. The molecule has 2 unspecified atom stereocenters. The van der Waals surface area contributed by atoms with Gasteiger partial charge in [-0.1, -0.05) is 24.3 Å². The van der Waals surface area contributed by atoms with Crippen LogP contribution in [0.15, 0.2) is 29.3 Å². The fourth-order valence-electron chi connectivity index (χ4n) is 3.25. The molecule has 1 aromatic rings. The lowest BCUT2D eigenvalue weighted by Crippen LogP contribution is -2.53. The second-order valence-corrected chi connectivity index (χ2v) is 6.72. The fraction of sp³-hybridized carbons (Fsp3) is 0.632. The number of aliphatic imine (C=N–C) groups is 1. The van der Waals surface area contributed by atoms with E-state index in [4.69, 9.17) is 4.74 Å². The Morgan fingerprint density at radius 1 is 1.44 bits per heavy atom. The topological polar surface area (TPSA) is 40.1 Å². The van der Waals surface area contributed by atoms with Crippen LogP contribution >= 0.6 is 24.0 Å². The van der Waals surface area contributed by atoms with Gasteiger partial charge in [0.05, 0.1) is 13.2 Å². The highest BCUT2D eigenvalue weighted by atomic mass is 127. The summed E-state index contributed by atoms with van der Waals surface area (Å²) in [7, 11) is 3.93. The van der Waals surface area contributed by atoms with Gasteiger partial charge in [-0.2, -0.15) is 0 Å². The predicted molar refractivity (Wildman–Crippen MR) is 116 cm³/mol. The van der Waals surface area contributed by atoms with Crippen molar-refractivity contribution >= 4 is 29.9 Å². The molecule has 0 radical (unpaired) electrons. The molecule has 1 aromatic carbocycles. The molecule has 2 rings (SSSR count). The third-order valence-electron chi connectivity index (χ3n) is 4.78. The van der Waals surface area contributed by atoms with Gasteiger partial charge in [0.2, 0.25) is 0 Å². The Bertz CT molecular complexity index is 552. The number of nitrogens with one attached hydrogen (secondary N) is 1. The Labute approximate surface area is 169 Å². The molecular weight excluding hydrogens is 427 g/mol. The second-order valence-electron chi connectivity index (χ2n) is 6.72. The van der Waals surface area contributed by atoms with Gasteiger partial charge in [-0.05, 0) is 31.9 Å². The minimum atomic E-state index is 0. The van der Waals surface area contributed by atoms with Gasteiger partial charge in [-0.15, -0.1) is 24.0 Å². The molecule has 0 bridgehead atoms. The lowest BCUT2D eigenvalue weighted by Gasteiger charge is -2.38. The van der Waals surface area contributed by atoms with Crippen LogP contribution in [0.4, 0.5) is 0 Å². The lowest BCUT2D eigenvalue weighted by molar-refractivity contribution is -0.0175. The molecule has 0 aliphatic carbocycles. The number of ether oxygens (including phenoxy) is 1. The van der Waals surface area contributed by atoms with E-state index in [1.165, 1.54) is 11.1 Å². The van der Waals surface area contributed by atoms with Crippen LogP contribution in [-0.2, 0) is 11.3 Å². The highest BCUT2D eigenvalue weighted by Crippen LogP contribution is 2.11. The molecule has 1 fully saturated rings. The van der Waals surface area contributed by atoms with Crippen molar-refractivity contribution < 1.29 is 4.74 Å². The molecule has 1 aliphatic heterocycles. The summed E-state index contributed by atoms with van der Waals surface area (Å²) in [4.78, 5) is 9.12. The summed E-state index contributed by atoms with van der Waals surface area (Å²) in [5, 5.41) is 3.52. The maximum absolute atomic E-state index is 5.53. The Kier molecular flexibility index (Phi) is 9.74. The van der Waals surface area contributed by atoms with Gasteiger partial charge in [-0.3, -0.25) is 9.89 Å². The maximum atomic E-state index is 5.53. The Hall–Kier alpha value is -0.860. The predicted octanol–water partition coefficient (Wildman–Crippen LogP) is 2.73. The Balaban J connectivity index is 0.00000312. The van der Waals surface area contributed by atoms with Crippen molar-refractivity contribution in [2.75, 3.05) is 40.4 Å². The summed E-state index contributed by atoms with van der Waals surface area (Å²) in [6.45, 7) is 11.0. The van der Waals surface area contributed by atoms with Crippen LogP contribution in [0, 0.1) is 6.92 Å². The van der Waals surface area contributed by atoms with Gasteiger partial charge in [-0.25, -0.2) is 0 Å². The van der Waals surface area contributed by atoms with Crippen molar-refractivity contribution in [1.82, 2.24) is 15.1 Å². The number of halogens is 1. The molecular formula is C19H33IN4O. The average molecular weight is 460 g/mol.